The molecular weight excluding hydrogens is 309 g/mol. The van der Waals surface area contributed by atoms with E-state index in [0.717, 1.165) is 42.2 Å². The van der Waals surface area contributed by atoms with Gasteiger partial charge in [-0.2, -0.15) is 0 Å². The first-order chi connectivity index (χ1) is 11.4. The first kappa shape index (κ1) is 16.4. The normalized spacial score (nSPS) is 23.9. The fraction of sp³-hybridized carbons (Fsp3) is 0.368. The van der Waals surface area contributed by atoms with Crippen LogP contribution in [0.4, 0.5) is 4.39 Å². The van der Waals surface area contributed by atoms with Crippen molar-refractivity contribution in [3.63, 3.8) is 0 Å². The fourth-order valence-corrected chi connectivity index (χ4v) is 3.84. The molecule has 1 aromatic carbocycles. The first-order valence-corrected chi connectivity index (χ1v) is 8.08. The quantitative estimate of drug-likeness (QED) is 0.858. The monoisotopic (exact) mass is 329 g/mol. The van der Waals surface area contributed by atoms with Gasteiger partial charge in [-0.25, -0.2) is 9.18 Å². The number of likely N-dealkylation sites (tertiary alicyclic amines) is 1. The lowest BCUT2D eigenvalue weighted by atomic mass is 9.74. The average Bonchev–Trinajstić information content (AvgIpc) is 2.76. The van der Waals surface area contributed by atoms with Gasteiger partial charge in [0.1, 0.15) is 5.82 Å². The summed E-state index contributed by atoms with van der Waals surface area (Å²) in [4.78, 5) is 25.1. The molecule has 1 heterocycles. The summed E-state index contributed by atoms with van der Waals surface area (Å²) >= 11 is 0. The Labute approximate surface area is 140 Å². The Morgan fingerprint density at radius 1 is 1.46 bits per heavy atom. The van der Waals surface area contributed by atoms with Gasteiger partial charge in [0.25, 0.3) is 0 Å². The third kappa shape index (κ3) is 3.11. The Hall–Kier alpha value is -2.43. The summed E-state index contributed by atoms with van der Waals surface area (Å²) in [6.45, 7) is 2.37. The van der Waals surface area contributed by atoms with Crippen molar-refractivity contribution in [1.82, 2.24) is 4.90 Å². The summed E-state index contributed by atoms with van der Waals surface area (Å²) in [7, 11) is 0. The summed E-state index contributed by atoms with van der Waals surface area (Å²) in [5.74, 6) is -1.32. The van der Waals surface area contributed by atoms with Gasteiger partial charge in [-0.15, -0.1) is 0 Å². The number of carboxylic acids is 1. The fourth-order valence-electron chi connectivity index (χ4n) is 3.84. The molecule has 0 saturated carbocycles. The summed E-state index contributed by atoms with van der Waals surface area (Å²) < 4.78 is 13.4. The molecule has 0 bridgehead atoms. The van der Waals surface area contributed by atoms with E-state index < -0.39 is 5.97 Å². The maximum absolute atomic E-state index is 13.4. The Morgan fingerprint density at radius 2 is 2.25 bits per heavy atom. The van der Waals surface area contributed by atoms with Crippen LogP contribution >= 0.6 is 0 Å². The Balaban J connectivity index is 2.00. The maximum Gasteiger partial charge on any atom is 0.328 e. The number of nitrogens with zero attached hydrogens (tertiary/aromatic N) is 1. The van der Waals surface area contributed by atoms with Crippen LogP contribution in [0.15, 0.2) is 47.7 Å². The highest BCUT2D eigenvalue weighted by atomic mass is 19.1. The van der Waals surface area contributed by atoms with Crippen molar-refractivity contribution in [2.24, 2.45) is 5.41 Å². The molecule has 0 spiro atoms. The van der Waals surface area contributed by atoms with Gasteiger partial charge in [-0.1, -0.05) is 25.1 Å². The highest BCUT2D eigenvalue weighted by molar-refractivity contribution is 5.84. The molecule has 126 valence electrons. The average molecular weight is 329 g/mol. The van der Waals surface area contributed by atoms with Crippen molar-refractivity contribution >= 4 is 11.9 Å². The van der Waals surface area contributed by atoms with Crippen molar-refractivity contribution in [2.75, 3.05) is 0 Å². The number of amides is 1. The van der Waals surface area contributed by atoms with E-state index in [0.29, 0.717) is 13.0 Å². The second-order valence-electron chi connectivity index (χ2n) is 6.75. The van der Waals surface area contributed by atoms with Gasteiger partial charge in [-0.3, -0.25) is 4.79 Å². The second kappa shape index (κ2) is 6.23. The molecule has 1 aromatic rings. The van der Waals surface area contributed by atoms with E-state index in [9.17, 15) is 14.0 Å². The number of fused-ring (bicyclic) bond motifs is 1. The third-order valence-electron chi connectivity index (χ3n) is 4.82. The molecule has 1 unspecified atom stereocenters. The lowest BCUT2D eigenvalue weighted by Crippen LogP contribution is -2.28. The summed E-state index contributed by atoms with van der Waals surface area (Å²) in [6, 6.07) is 6.23. The van der Waals surface area contributed by atoms with Crippen molar-refractivity contribution < 1.29 is 19.1 Å². The topological polar surface area (TPSA) is 57.6 Å². The van der Waals surface area contributed by atoms with E-state index in [-0.39, 0.29) is 17.1 Å². The molecule has 24 heavy (non-hydrogen) atoms. The SMILES string of the molecule is CC12CCCC(C=CC(=O)O)=C1N(Cc1cccc(F)c1)C(=O)C2. The minimum atomic E-state index is -1.00. The third-order valence-corrected chi connectivity index (χ3v) is 4.82. The van der Waals surface area contributed by atoms with Crippen LogP contribution in [0.3, 0.4) is 0 Å². The number of hydrogen-bond donors (Lipinski definition) is 1. The molecule has 4 nitrogen and oxygen atoms in total. The number of carbonyl (C=O) groups is 2. The van der Waals surface area contributed by atoms with Crippen molar-refractivity contribution in [3.8, 4) is 0 Å². The van der Waals surface area contributed by atoms with Crippen LogP contribution in [0.2, 0.25) is 0 Å². The zero-order valence-electron chi connectivity index (χ0n) is 13.6. The van der Waals surface area contributed by atoms with Gasteiger partial charge >= 0.3 is 5.97 Å². The molecule has 1 N–H and O–H groups in total. The number of carboxylic acid groups (broad SMARTS) is 1. The number of carbonyl (C=O) groups excluding carboxylic acids is 1. The first-order valence-electron chi connectivity index (χ1n) is 8.08. The van der Waals surface area contributed by atoms with E-state index in [1.165, 1.54) is 12.1 Å². The molecule has 1 aliphatic heterocycles. The van der Waals surface area contributed by atoms with Crippen LogP contribution in [-0.2, 0) is 16.1 Å². The Bertz CT molecular complexity index is 753. The van der Waals surface area contributed by atoms with Crippen LogP contribution in [0.5, 0.6) is 0 Å². The molecule has 1 atom stereocenters. The van der Waals surface area contributed by atoms with Gasteiger partial charge in [0.05, 0.1) is 6.54 Å². The predicted octanol–water partition coefficient (Wildman–Crippen LogP) is 3.64. The van der Waals surface area contributed by atoms with E-state index in [1.54, 1.807) is 23.1 Å². The summed E-state index contributed by atoms with van der Waals surface area (Å²) in [5, 5.41) is 8.90. The van der Waals surface area contributed by atoms with Crippen LogP contribution in [0, 0.1) is 11.2 Å². The Morgan fingerprint density at radius 3 is 2.96 bits per heavy atom. The van der Waals surface area contributed by atoms with Crippen molar-refractivity contribution in [2.45, 2.75) is 39.2 Å². The minimum Gasteiger partial charge on any atom is -0.478 e. The van der Waals surface area contributed by atoms with Crippen LogP contribution < -0.4 is 0 Å². The van der Waals surface area contributed by atoms with Gasteiger partial charge in [0.15, 0.2) is 0 Å². The number of benzene rings is 1. The van der Waals surface area contributed by atoms with Crippen LogP contribution in [0.25, 0.3) is 0 Å². The van der Waals surface area contributed by atoms with E-state index in [2.05, 4.69) is 6.92 Å². The van der Waals surface area contributed by atoms with Crippen LogP contribution in [-0.4, -0.2) is 21.9 Å². The van der Waals surface area contributed by atoms with Gasteiger partial charge in [0, 0.05) is 23.6 Å². The molecule has 1 aliphatic carbocycles. The predicted molar refractivity (Wildman–Crippen MR) is 87.3 cm³/mol. The molecule has 0 aromatic heterocycles. The summed E-state index contributed by atoms with van der Waals surface area (Å²) in [6.07, 6.45) is 5.73. The smallest absolute Gasteiger partial charge is 0.328 e. The molecule has 1 saturated heterocycles. The van der Waals surface area contributed by atoms with Crippen molar-refractivity contribution in [1.29, 1.82) is 0 Å². The lowest BCUT2D eigenvalue weighted by molar-refractivity contribution is -0.131. The van der Waals surface area contributed by atoms with Crippen LogP contribution in [0.1, 0.15) is 38.2 Å². The van der Waals surface area contributed by atoms with Gasteiger partial charge in [-0.05, 0) is 42.5 Å². The number of allylic oxidation sites excluding steroid dienone is 3. The zero-order valence-corrected chi connectivity index (χ0v) is 13.6. The molecule has 1 amide bonds. The number of rotatable bonds is 4. The Kier molecular flexibility index (Phi) is 4.26. The minimum absolute atomic E-state index is 0.0138. The number of aliphatic carboxylic acids is 1. The van der Waals surface area contributed by atoms with E-state index in [4.69, 9.17) is 5.11 Å². The standard InChI is InChI=1S/C19H20FNO3/c1-19-9-3-5-14(7-8-17(23)24)18(19)21(16(22)11-19)12-13-4-2-6-15(20)10-13/h2,4,6-8,10H,3,5,9,11-12H2,1H3,(H,23,24). The largest absolute Gasteiger partial charge is 0.478 e. The summed E-state index contributed by atoms with van der Waals surface area (Å²) in [5.41, 5.74) is 2.27. The molecule has 1 fully saturated rings. The zero-order chi connectivity index (χ0) is 17.3. The highest BCUT2D eigenvalue weighted by Gasteiger charge is 2.46. The van der Waals surface area contributed by atoms with E-state index >= 15 is 0 Å². The lowest BCUT2D eigenvalue weighted by Gasteiger charge is -2.34. The molecule has 3 rings (SSSR count). The van der Waals surface area contributed by atoms with Gasteiger partial charge < -0.3 is 10.0 Å². The number of hydrogen-bond acceptors (Lipinski definition) is 2. The van der Waals surface area contributed by atoms with Crippen molar-refractivity contribution in [3.05, 3.63) is 59.1 Å². The molecule has 5 heteroatoms. The molecular formula is C19H20FNO3. The van der Waals surface area contributed by atoms with Gasteiger partial charge in [0.2, 0.25) is 5.91 Å². The molecule has 0 radical (unpaired) electrons. The highest BCUT2D eigenvalue weighted by Crippen LogP contribution is 2.50. The second-order valence-corrected chi connectivity index (χ2v) is 6.75. The number of halogens is 1. The maximum atomic E-state index is 13.4. The van der Waals surface area contributed by atoms with E-state index in [1.807, 2.05) is 0 Å². The molecule has 2 aliphatic rings.